The summed E-state index contributed by atoms with van der Waals surface area (Å²) in [5, 5.41) is 14.1. The second-order valence-corrected chi connectivity index (χ2v) is 3.06. The predicted octanol–water partition coefficient (Wildman–Crippen LogP) is 2.09. The molecule has 1 aromatic heterocycles. The summed E-state index contributed by atoms with van der Waals surface area (Å²) in [5.41, 5.74) is -0.273. The van der Waals surface area contributed by atoms with Crippen LogP contribution in [0.3, 0.4) is 0 Å². The number of aryl methyl sites for hydroxylation is 1. The van der Waals surface area contributed by atoms with E-state index in [0.29, 0.717) is 11.5 Å². The number of nitro groups is 1. The number of halogens is 1. The Morgan fingerprint density at radius 2 is 2.25 bits per heavy atom. The van der Waals surface area contributed by atoms with Gasteiger partial charge in [0.15, 0.2) is 0 Å². The Morgan fingerprint density at radius 3 is 2.81 bits per heavy atom. The molecule has 0 spiro atoms. The summed E-state index contributed by atoms with van der Waals surface area (Å²) in [5.74, 6) is -0.364. The van der Waals surface area contributed by atoms with Crippen LogP contribution in [0.1, 0.15) is 5.89 Å². The highest BCUT2D eigenvalue weighted by atomic mass is 19.1. The van der Waals surface area contributed by atoms with Crippen LogP contribution >= 0.6 is 0 Å². The number of nitro benzene ring substituents is 1. The maximum Gasteiger partial charge on any atom is 0.305 e. The first-order valence-electron chi connectivity index (χ1n) is 4.32. The SMILES string of the molecule is Cc1nc(-c2ccc(F)c([N+](=O)[O-])c2)no1. The molecule has 0 aliphatic carbocycles. The third kappa shape index (κ3) is 1.74. The van der Waals surface area contributed by atoms with Crippen molar-refractivity contribution in [3.05, 3.63) is 40.0 Å². The van der Waals surface area contributed by atoms with Crippen LogP contribution in [0.4, 0.5) is 10.1 Å². The molecule has 1 aromatic carbocycles. The van der Waals surface area contributed by atoms with E-state index in [1.165, 1.54) is 6.07 Å². The van der Waals surface area contributed by atoms with Gasteiger partial charge in [0, 0.05) is 18.6 Å². The number of aromatic nitrogens is 2. The van der Waals surface area contributed by atoms with Gasteiger partial charge in [-0.3, -0.25) is 10.1 Å². The van der Waals surface area contributed by atoms with Gasteiger partial charge in [0.25, 0.3) is 0 Å². The van der Waals surface area contributed by atoms with Crippen molar-refractivity contribution < 1.29 is 13.8 Å². The quantitative estimate of drug-likeness (QED) is 0.575. The summed E-state index contributed by atoms with van der Waals surface area (Å²) < 4.78 is 17.8. The Bertz CT molecular complexity index is 553. The third-order valence-corrected chi connectivity index (χ3v) is 1.93. The van der Waals surface area contributed by atoms with Crippen molar-refractivity contribution in [3.8, 4) is 11.4 Å². The highest BCUT2D eigenvalue weighted by Crippen LogP contribution is 2.24. The lowest BCUT2D eigenvalue weighted by Gasteiger charge is -1.96. The van der Waals surface area contributed by atoms with E-state index in [-0.39, 0.29) is 5.82 Å². The Kier molecular flexibility index (Phi) is 2.35. The molecule has 2 aromatic rings. The molecule has 82 valence electrons. The summed E-state index contributed by atoms with van der Waals surface area (Å²) in [7, 11) is 0. The van der Waals surface area contributed by atoms with Gasteiger partial charge in [-0.25, -0.2) is 0 Å². The average Bonchev–Trinajstić information content (AvgIpc) is 2.65. The Morgan fingerprint density at radius 1 is 1.50 bits per heavy atom. The van der Waals surface area contributed by atoms with E-state index in [2.05, 4.69) is 10.1 Å². The molecule has 0 fully saturated rings. The fourth-order valence-electron chi connectivity index (χ4n) is 1.21. The molecule has 0 amide bonds. The van der Waals surface area contributed by atoms with Crippen LogP contribution in [-0.4, -0.2) is 15.1 Å². The Labute approximate surface area is 88.9 Å². The Balaban J connectivity index is 2.51. The number of rotatable bonds is 2. The molecule has 1 heterocycles. The smallest absolute Gasteiger partial charge is 0.305 e. The zero-order chi connectivity index (χ0) is 11.7. The minimum absolute atomic E-state index is 0.195. The second-order valence-electron chi connectivity index (χ2n) is 3.06. The molecule has 0 aliphatic rings. The van der Waals surface area contributed by atoms with E-state index >= 15 is 0 Å². The van der Waals surface area contributed by atoms with Gasteiger partial charge in [0.2, 0.25) is 17.5 Å². The first-order chi connectivity index (χ1) is 7.58. The van der Waals surface area contributed by atoms with Gasteiger partial charge in [0.1, 0.15) is 0 Å². The van der Waals surface area contributed by atoms with Crippen LogP contribution in [0.2, 0.25) is 0 Å². The molecule has 2 rings (SSSR count). The normalized spacial score (nSPS) is 10.4. The van der Waals surface area contributed by atoms with Gasteiger partial charge in [-0.2, -0.15) is 9.37 Å². The Hall–Kier alpha value is -2.31. The van der Waals surface area contributed by atoms with Crippen LogP contribution in [0.5, 0.6) is 0 Å². The molecule has 0 radical (unpaired) electrons. The molecule has 0 unspecified atom stereocenters. The van der Waals surface area contributed by atoms with Crippen LogP contribution in [0.15, 0.2) is 22.7 Å². The minimum Gasteiger partial charge on any atom is -0.339 e. The van der Waals surface area contributed by atoms with Crippen molar-refractivity contribution in [3.63, 3.8) is 0 Å². The summed E-state index contributed by atoms with van der Waals surface area (Å²) in [6.07, 6.45) is 0. The van der Waals surface area contributed by atoms with Crippen molar-refractivity contribution >= 4 is 5.69 Å². The zero-order valence-corrected chi connectivity index (χ0v) is 8.18. The predicted molar refractivity (Wildman–Crippen MR) is 51.1 cm³/mol. The fourth-order valence-corrected chi connectivity index (χ4v) is 1.21. The van der Waals surface area contributed by atoms with Crippen LogP contribution in [0.25, 0.3) is 11.4 Å². The fraction of sp³-hybridized carbons (Fsp3) is 0.111. The van der Waals surface area contributed by atoms with E-state index in [1.807, 2.05) is 0 Å². The van der Waals surface area contributed by atoms with Crippen molar-refractivity contribution in [2.45, 2.75) is 6.92 Å². The highest BCUT2D eigenvalue weighted by Gasteiger charge is 2.16. The lowest BCUT2D eigenvalue weighted by molar-refractivity contribution is -0.387. The molecule has 0 aliphatic heterocycles. The van der Waals surface area contributed by atoms with Gasteiger partial charge >= 0.3 is 5.69 Å². The van der Waals surface area contributed by atoms with E-state index in [1.54, 1.807) is 6.92 Å². The van der Waals surface area contributed by atoms with Crippen molar-refractivity contribution in [2.75, 3.05) is 0 Å². The number of nitrogens with zero attached hydrogens (tertiary/aromatic N) is 3. The molecule has 0 bridgehead atoms. The van der Waals surface area contributed by atoms with Crippen molar-refractivity contribution in [1.82, 2.24) is 10.1 Å². The minimum atomic E-state index is -0.894. The summed E-state index contributed by atoms with van der Waals surface area (Å²) in [6.45, 7) is 1.59. The van der Waals surface area contributed by atoms with Gasteiger partial charge in [-0.15, -0.1) is 0 Å². The molecular formula is C9H6FN3O3. The van der Waals surface area contributed by atoms with Gasteiger partial charge in [-0.05, 0) is 12.1 Å². The maximum absolute atomic E-state index is 13.0. The van der Waals surface area contributed by atoms with Gasteiger partial charge in [0.05, 0.1) is 4.92 Å². The molecular weight excluding hydrogens is 217 g/mol. The highest BCUT2D eigenvalue weighted by molar-refractivity contribution is 5.58. The van der Waals surface area contributed by atoms with Crippen LogP contribution in [-0.2, 0) is 0 Å². The van der Waals surface area contributed by atoms with E-state index in [0.717, 1.165) is 12.1 Å². The monoisotopic (exact) mass is 223 g/mol. The van der Waals surface area contributed by atoms with Crippen LogP contribution in [0, 0.1) is 22.9 Å². The lowest BCUT2D eigenvalue weighted by Crippen LogP contribution is -1.93. The topological polar surface area (TPSA) is 82.1 Å². The van der Waals surface area contributed by atoms with Crippen molar-refractivity contribution in [2.24, 2.45) is 0 Å². The first kappa shape index (κ1) is 10.2. The van der Waals surface area contributed by atoms with E-state index < -0.39 is 16.4 Å². The first-order valence-corrected chi connectivity index (χ1v) is 4.32. The van der Waals surface area contributed by atoms with Crippen molar-refractivity contribution in [1.29, 1.82) is 0 Å². The largest absolute Gasteiger partial charge is 0.339 e. The molecule has 0 atom stereocenters. The molecule has 7 heteroatoms. The summed E-state index contributed by atoms with van der Waals surface area (Å²) >= 11 is 0. The number of hydrogen-bond donors (Lipinski definition) is 0. The zero-order valence-electron chi connectivity index (χ0n) is 8.18. The summed E-state index contributed by atoms with van der Waals surface area (Å²) in [4.78, 5) is 13.6. The number of hydrogen-bond acceptors (Lipinski definition) is 5. The lowest BCUT2D eigenvalue weighted by atomic mass is 10.2. The molecule has 16 heavy (non-hydrogen) atoms. The van der Waals surface area contributed by atoms with E-state index in [9.17, 15) is 14.5 Å². The summed E-state index contributed by atoms with van der Waals surface area (Å²) in [6, 6.07) is 3.42. The molecule has 0 saturated carbocycles. The second kappa shape index (κ2) is 3.69. The maximum atomic E-state index is 13.0. The third-order valence-electron chi connectivity index (χ3n) is 1.93. The average molecular weight is 223 g/mol. The van der Waals surface area contributed by atoms with E-state index in [4.69, 9.17) is 4.52 Å². The molecule has 0 saturated heterocycles. The van der Waals surface area contributed by atoms with Gasteiger partial charge in [-0.1, -0.05) is 5.16 Å². The molecule has 0 N–H and O–H groups in total. The molecule has 6 nitrogen and oxygen atoms in total. The van der Waals surface area contributed by atoms with Gasteiger partial charge < -0.3 is 4.52 Å². The number of benzene rings is 1. The van der Waals surface area contributed by atoms with Crippen LogP contribution < -0.4 is 0 Å². The standard InChI is InChI=1S/C9H6FN3O3/c1-5-11-9(12-16-5)6-2-3-7(10)8(4-6)13(14)15/h2-4H,1H3.